The molecule has 1 aliphatic carbocycles. The lowest BCUT2D eigenvalue weighted by atomic mass is 9.74. The third kappa shape index (κ3) is 2.95. The minimum absolute atomic E-state index is 0.0298. The van der Waals surface area contributed by atoms with E-state index in [0.29, 0.717) is 12.2 Å². The smallest absolute Gasteiger partial charge is 0.166 e. The Bertz CT molecular complexity index is 532. The van der Waals surface area contributed by atoms with Crippen molar-refractivity contribution in [1.29, 1.82) is 0 Å². The quantitative estimate of drug-likeness (QED) is 0.667. The van der Waals surface area contributed by atoms with Crippen LogP contribution in [0.1, 0.15) is 55.3 Å². The molecule has 1 aromatic rings. The highest BCUT2D eigenvalue weighted by Gasteiger charge is 2.40. The van der Waals surface area contributed by atoms with E-state index in [-0.39, 0.29) is 23.0 Å². The van der Waals surface area contributed by atoms with Crippen molar-refractivity contribution in [2.45, 2.75) is 50.5 Å². The van der Waals surface area contributed by atoms with Crippen molar-refractivity contribution in [2.24, 2.45) is 5.92 Å². The molecule has 1 spiro atoms. The molecule has 3 rings (SSSR count). The lowest BCUT2D eigenvalue weighted by Gasteiger charge is -2.43. The first kappa shape index (κ1) is 14.5. The average Bonchev–Trinajstić information content (AvgIpc) is 2.50. The SMILES string of the molecule is Nc1ccc(C(=O)C2CCOC3(CCCCC3)C2)cc1F. The number of benzene rings is 1. The number of carbonyl (C=O) groups excluding carboxylic acids is 1. The number of halogens is 1. The van der Waals surface area contributed by atoms with Gasteiger partial charge in [0, 0.05) is 18.1 Å². The van der Waals surface area contributed by atoms with E-state index in [1.54, 1.807) is 6.07 Å². The summed E-state index contributed by atoms with van der Waals surface area (Å²) in [5.41, 5.74) is 5.88. The van der Waals surface area contributed by atoms with E-state index in [0.717, 1.165) is 25.7 Å². The van der Waals surface area contributed by atoms with Crippen LogP contribution in [-0.2, 0) is 4.74 Å². The molecule has 1 saturated carbocycles. The molecule has 0 bridgehead atoms. The van der Waals surface area contributed by atoms with Crippen LogP contribution in [0, 0.1) is 11.7 Å². The Hall–Kier alpha value is -1.42. The van der Waals surface area contributed by atoms with E-state index < -0.39 is 5.82 Å². The summed E-state index contributed by atoms with van der Waals surface area (Å²) in [5.74, 6) is -0.540. The standard InChI is InChI=1S/C17H22FNO2/c18-14-10-12(4-5-15(14)19)16(20)13-6-9-21-17(11-13)7-2-1-3-8-17/h4-5,10,13H,1-3,6-9,11,19H2. The number of nitrogens with two attached hydrogens (primary N) is 1. The second kappa shape index (κ2) is 5.76. The molecule has 3 nitrogen and oxygen atoms in total. The van der Waals surface area contributed by atoms with E-state index in [1.165, 1.54) is 31.4 Å². The summed E-state index contributed by atoms with van der Waals surface area (Å²) in [4.78, 5) is 12.6. The van der Waals surface area contributed by atoms with Gasteiger partial charge in [0.05, 0.1) is 11.3 Å². The summed E-state index contributed by atoms with van der Waals surface area (Å²) in [7, 11) is 0. The van der Waals surface area contributed by atoms with Gasteiger partial charge in [0.2, 0.25) is 0 Å². The normalized spacial score (nSPS) is 24.9. The molecule has 1 unspecified atom stereocenters. The van der Waals surface area contributed by atoms with Gasteiger partial charge in [-0.25, -0.2) is 4.39 Å². The van der Waals surface area contributed by atoms with Crippen molar-refractivity contribution >= 4 is 11.5 Å². The molecule has 1 aliphatic heterocycles. The summed E-state index contributed by atoms with van der Waals surface area (Å²) < 4.78 is 19.6. The summed E-state index contributed by atoms with van der Waals surface area (Å²) in [6.07, 6.45) is 7.21. The summed E-state index contributed by atoms with van der Waals surface area (Å²) in [6, 6.07) is 4.36. The van der Waals surface area contributed by atoms with E-state index in [4.69, 9.17) is 10.5 Å². The predicted molar refractivity (Wildman–Crippen MR) is 79.6 cm³/mol. The fourth-order valence-electron chi connectivity index (χ4n) is 3.71. The fourth-order valence-corrected chi connectivity index (χ4v) is 3.71. The van der Waals surface area contributed by atoms with Crippen LogP contribution in [-0.4, -0.2) is 18.0 Å². The second-order valence-electron chi connectivity index (χ2n) is 6.38. The van der Waals surface area contributed by atoms with Gasteiger partial charge in [-0.1, -0.05) is 19.3 Å². The molecule has 21 heavy (non-hydrogen) atoms. The fraction of sp³-hybridized carbons (Fsp3) is 0.588. The topological polar surface area (TPSA) is 52.3 Å². The van der Waals surface area contributed by atoms with Crippen LogP contribution in [0.3, 0.4) is 0 Å². The summed E-state index contributed by atoms with van der Waals surface area (Å²) >= 11 is 0. The maximum Gasteiger partial charge on any atom is 0.166 e. The van der Waals surface area contributed by atoms with Gasteiger partial charge in [0.25, 0.3) is 0 Å². The molecule has 0 radical (unpaired) electrons. The summed E-state index contributed by atoms with van der Waals surface area (Å²) in [6.45, 7) is 0.633. The average molecular weight is 291 g/mol. The van der Waals surface area contributed by atoms with E-state index >= 15 is 0 Å². The van der Waals surface area contributed by atoms with Crippen LogP contribution in [0.15, 0.2) is 18.2 Å². The van der Waals surface area contributed by atoms with Crippen LogP contribution < -0.4 is 5.73 Å². The maximum absolute atomic E-state index is 13.6. The first-order chi connectivity index (χ1) is 10.1. The molecule has 2 N–H and O–H groups in total. The lowest BCUT2D eigenvalue weighted by Crippen LogP contribution is -2.43. The number of carbonyl (C=O) groups is 1. The molecule has 1 atom stereocenters. The van der Waals surface area contributed by atoms with Gasteiger partial charge in [-0.3, -0.25) is 4.79 Å². The van der Waals surface area contributed by atoms with Gasteiger partial charge in [-0.15, -0.1) is 0 Å². The third-order valence-corrected chi connectivity index (χ3v) is 4.91. The van der Waals surface area contributed by atoms with E-state index in [9.17, 15) is 9.18 Å². The van der Waals surface area contributed by atoms with Crippen molar-refractivity contribution in [1.82, 2.24) is 0 Å². The number of rotatable bonds is 2. The highest BCUT2D eigenvalue weighted by atomic mass is 19.1. The Labute approximate surface area is 124 Å². The zero-order valence-electron chi connectivity index (χ0n) is 12.2. The zero-order valence-corrected chi connectivity index (χ0v) is 12.2. The van der Waals surface area contributed by atoms with Crippen LogP contribution in [0.4, 0.5) is 10.1 Å². The minimum Gasteiger partial charge on any atom is -0.396 e. The van der Waals surface area contributed by atoms with Gasteiger partial charge >= 0.3 is 0 Å². The number of ketones is 1. The zero-order chi connectivity index (χ0) is 14.9. The maximum atomic E-state index is 13.6. The molecule has 4 heteroatoms. The van der Waals surface area contributed by atoms with Gasteiger partial charge in [-0.2, -0.15) is 0 Å². The van der Waals surface area contributed by atoms with Crippen molar-refractivity contribution < 1.29 is 13.9 Å². The Morgan fingerprint density at radius 3 is 2.76 bits per heavy atom. The van der Waals surface area contributed by atoms with Crippen molar-refractivity contribution in [3.05, 3.63) is 29.6 Å². The Morgan fingerprint density at radius 2 is 2.05 bits per heavy atom. The number of Topliss-reactive ketones (excluding diaryl/α,β-unsaturated/α-hetero) is 1. The Balaban J connectivity index is 1.76. The molecule has 1 aromatic carbocycles. The molecule has 2 aliphatic rings. The molecule has 1 heterocycles. The molecular formula is C17H22FNO2. The Kier molecular flexibility index (Phi) is 3.98. The molecule has 0 amide bonds. The Morgan fingerprint density at radius 1 is 1.29 bits per heavy atom. The number of nitrogen functional groups attached to an aromatic ring is 1. The predicted octanol–water partition coefficient (Wildman–Crippen LogP) is 3.72. The largest absolute Gasteiger partial charge is 0.396 e. The van der Waals surface area contributed by atoms with Crippen molar-refractivity contribution in [2.75, 3.05) is 12.3 Å². The summed E-state index contributed by atoms with van der Waals surface area (Å²) in [5, 5.41) is 0. The highest BCUT2D eigenvalue weighted by molar-refractivity contribution is 5.98. The third-order valence-electron chi connectivity index (χ3n) is 4.91. The first-order valence-corrected chi connectivity index (χ1v) is 7.83. The van der Waals surface area contributed by atoms with Gasteiger partial charge in [0.15, 0.2) is 5.78 Å². The van der Waals surface area contributed by atoms with Gasteiger partial charge < -0.3 is 10.5 Å². The monoisotopic (exact) mass is 291 g/mol. The number of anilines is 1. The number of hydrogen-bond acceptors (Lipinski definition) is 3. The van der Waals surface area contributed by atoms with Crippen molar-refractivity contribution in [3.8, 4) is 0 Å². The van der Waals surface area contributed by atoms with Crippen LogP contribution in [0.2, 0.25) is 0 Å². The molecule has 1 saturated heterocycles. The van der Waals surface area contributed by atoms with Crippen molar-refractivity contribution in [3.63, 3.8) is 0 Å². The van der Waals surface area contributed by atoms with E-state index in [2.05, 4.69) is 0 Å². The van der Waals surface area contributed by atoms with Crippen LogP contribution in [0.25, 0.3) is 0 Å². The van der Waals surface area contributed by atoms with Crippen LogP contribution in [0.5, 0.6) is 0 Å². The lowest BCUT2D eigenvalue weighted by molar-refractivity contribution is -0.111. The number of ether oxygens (including phenoxy) is 1. The first-order valence-electron chi connectivity index (χ1n) is 7.83. The van der Waals surface area contributed by atoms with Crippen LogP contribution >= 0.6 is 0 Å². The van der Waals surface area contributed by atoms with Gasteiger partial charge in [0.1, 0.15) is 5.82 Å². The molecular weight excluding hydrogens is 269 g/mol. The molecule has 114 valence electrons. The molecule has 0 aromatic heterocycles. The van der Waals surface area contributed by atoms with Gasteiger partial charge in [-0.05, 0) is 43.9 Å². The number of hydrogen-bond donors (Lipinski definition) is 1. The van der Waals surface area contributed by atoms with E-state index in [1.807, 2.05) is 0 Å². The minimum atomic E-state index is -0.514. The molecule has 2 fully saturated rings. The second-order valence-corrected chi connectivity index (χ2v) is 6.38. The highest BCUT2D eigenvalue weighted by Crippen LogP contribution is 2.41.